The molecule has 2 N–H and O–H groups in total. The molecule has 4 nitrogen and oxygen atoms in total. The van der Waals surface area contributed by atoms with Crippen molar-refractivity contribution in [3.05, 3.63) is 28.2 Å². The van der Waals surface area contributed by atoms with Crippen LogP contribution in [0.3, 0.4) is 0 Å². The van der Waals surface area contributed by atoms with Gasteiger partial charge in [0.2, 0.25) is 5.91 Å². The zero-order chi connectivity index (χ0) is 15.5. The lowest BCUT2D eigenvalue weighted by molar-refractivity contribution is -0.153. The quantitative estimate of drug-likeness (QED) is 0.855. The van der Waals surface area contributed by atoms with E-state index < -0.39 is 11.4 Å². The van der Waals surface area contributed by atoms with Crippen LogP contribution in [0.15, 0.2) is 22.7 Å². The van der Waals surface area contributed by atoms with Gasteiger partial charge in [-0.2, -0.15) is 0 Å². The van der Waals surface area contributed by atoms with Crippen LogP contribution in [-0.2, 0) is 9.59 Å². The van der Waals surface area contributed by atoms with E-state index in [1.807, 2.05) is 25.1 Å². The minimum atomic E-state index is -0.886. The molecule has 1 aromatic carbocycles. The van der Waals surface area contributed by atoms with E-state index in [1.54, 1.807) is 0 Å². The van der Waals surface area contributed by atoms with Gasteiger partial charge in [0.25, 0.3) is 0 Å². The minimum absolute atomic E-state index is 0.0495. The Balaban J connectivity index is 2.07. The topological polar surface area (TPSA) is 66.4 Å². The Morgan fingerprint density at radius 1 is 1.24 bits per heavy atom. The Labute approximate surface area is 133 Å². The van der Waals surface area contributed by atoms with Crippen molar-refractivity contribution in [2.75, 3.05) is 5.32 Å². The molecule has 0 saturated heterocycles. The molecule has 21 heavy (non-hydrogen) atoms. The van der Waals surface area contributed by atoms with Crippen molar-refractivity contribution in [3.8, 4) is 0 Å². The van der Waals surface area contributed by atoms with Gasteiger partial charge in [0.15, 0.2) is 0 Å². The summed E-state index contributed by atoms with van der Waals surface area (Å²) in [6.45, 7) is 1.94. The van der Waals surface area contributed by atoms with Crippen molar-refractivity contribution in [2.45, 2.75) is 45.4 Å². The van der Waals surface area contributed by atoms with Crippen molar-refractivity contribution in [1.82, 2.24) is 0 Å². The lowest BCUT2D eigenvalue weighted by atomic mass is 9.71. The van der Waals surface area contributed by atoms with Crippen LogP contribution in [0.1, 0.15) is 44.1 Å². The van der Waals surface area contributed by atoms with Gasteiger partial charge in [-0.05, 0) is 43.5 Å². The molecule has 0 spiro atoms. The maximum Gasteiger partial charge on any atom is 0.310 e. The second-order valence-corrected chi connectivity index (χ2v) is 6.80. The van der Waals surface area contributed by atoms with E-state index >= 15 is 0 Å². The minimum Gasteiger partial charge on any atom is -0.481 e. The van der Waals surface area contributed by atoms with Crippen LogP contribution >= 0.6 is 15.9 Å². The van der Waals surface area contributed by atoms with Gasteiger partial charge in [0.05, 0.1) is 5.41 Å². The molecule has 5 heteroatoms. The summed E-state index contributed by atoms with van der Waals surface area (Å²) in [6, 6.07) is 5.64. The van der Waals surface area contributed by atoms with Crippen LogP contribution < -0.4 is 5.32 Å². The SMILES string of the molecule is Cc1cc(Br)cc(NC(=O)CC2(C(=O)O)CCCCC2)c1. The van der Waals surface area contributed by atoms with Crippen LogP contribution in [0.5, 0.6) is 0 Å². The fourth-order valence-corrected chi connectivity index (χ4v) is 3.62. The summed E-state index contributed by atoms with van der Waals surface area (Å²) < 4.78 is 0.892. The number of carboxylic acids is 1. The first-order chi connectivity index (χ1) is 9.91. The zero-order valence-corrected chi connectivity index (χ0v) is 13.7. The molecular weight excluding hydrogens is 334 g/mol. The normalized spacial score (nSPS) is 17.2. The van der Waals surface area contributed by atoms with Gasteiger partial charge in [-0.3, -0.25) is 9.59 Å². The number of hydrogen-bond donors (Lipinski definition) is 2. The number of halogens is 1. The first-order valence-corrected chi connectivity index (χ1v) is 8.01. The first-order valence-electron chi connectivity index (χ1n) is 7.22. The number of rotatable bonds is 4. The predicted octanol–water partition coefficient (Wildman–Crippen LogP) is 4.12. The summed E-state index contributed by atoms with van der Waals surface area (Å²) in [5, 5.41) is 12.3. The molecule has 1 aliphatic carbocycles. The number of carbonyl (C=O) groups excluding carboxylic acids is 1. The van der Waals surface area contributed by atoms with Crippen molar-refractivity contribution in [2.24, 2.45) is 5.41 Å². The second-order valence-electron chi connectivity index (χ2n) is 5.89. The molecule has 0 atom stereocenters. The Kier molecular flexibility index (Phi) is 5.04. The van der Waals surface area contributed by atoms with Gasteiger partial charge in [-0.15, -0.1) is 0 Å². The Morgan fingerprint density at radius 3 is 2.48 bits per heavy atom. The number of carboxylic acid groups (broad SMARTS) is 1. The number of aryl methyl sites for hydroxylation is 1. The van der Waals surface area contributed by atoms with E-state index in [1.165, 1.54) is 0 Å². The molecule has 1 aromatic rings. The van der Waals surface area contributed by atoms with Crippen LogP contribution in [0.25, 0.3) is 0 Å². The molecule has 0 bridgehead atoms. The van der Waals surface area contributed by atoms with E-state index in [9.17, 15) is 14.7 Å². The van der Waals surface area contributed by atoms with Crippen molar-refractivity contribution >= 4 is 33.5 Å². The summed E-state index contributed by atoms with van der Waals surface area (Å²) in [5.41, 5.74) is 0.845. The number of carbonyl (C=O) groups is 2. The molecule has 0 heterocycles. The van der Waals surface area contributed by atoms with E-state index in [-0.39, 0.29) is 12.3 Å². The van der Waals surface area contributed by atoms with Crippen LogP contribution in [0.2, 0.25) is 0 Å². The molecule has 0 unspecified atom stereocenters. The summed E-state index contributed by atoms with van der Waals surface area (Å²) in [5.74, 6) is -1.07. The summed E-state index contributed by atoms with van der Waals surface area (Å²) in [7, 11) is 0. The average Bonchev–Trinajstić information content (AvgIpc) is 2.37. The third-order valence-corrected chi connectivity index (χ3v) is 4.55. The molecule has 114 valence electrons. The third kappa shape index (κ3) is 4.06. The molecular formula is C16H20BrNO3. The highest BCUT2D eigenvalue weighted by atomic mass is 79.9. The van der Waals surface area contributed by atoms with Crippen molar-refractivity contribution in [3.63, 3.8) is 0 Å². The largest absolute Gasteiger partial charge is 0.481 e. The third-order valence-electron chi connectivity index (χ3n) is 4.09. The number of aliphatic carboxylic acids is 1. The number of anilines is 1. The standard InChI is InChI=1S/C16H20BrNO3/c1-11-7-12(17)9-13(8-11)18-14(19)10-16(15(20)21)5-3-2-4-6-16/h7-9H,2-6,10H2,1H3,(H,18,19)(H,20,21). The molecule has 2 rings (SSSR count). The Bertz CT molecular complexity index is 530. The molecule has 0 radical (unpaired) electrons. The molecule has 1 aliphatic rings. The highest BCUT2D eigenvalue weighted by molar-refractivity contribution is 9.10. The van der Waals surface area contributed by atoms with E-state index in [0.29, 0.717) is 18.5 Å². The maximum absolute atomic E-state index is 12.2. The zero-order valence-electron chi connectivity index (χ0n) is 12.1. The predicted molar refractivity (Wildman–Crippen MR) is 85.3 cm³/mol. The lowest BCUT2D eigenvalue weighted by Crippen LogP contribution is -2.37. The van der Waals surface area contributed by atoms with Gasteiger partial charge in [-0.25, -0.2) is 0 Å². The van der Waals surface area contributed by atoms with Gasteiger partial charge >= 0.3 is 5.97 Å². The molecule has 1 fully saturated rings. The lowest BCUT2D eigenvalue weighted by Gasteiger charge is -2.32. The molecule has 0 aliphatic heterocycles. The Hall–Kier alpha value is -1.36. The maximum atomic E-state index is 12.2. The fourth-order valence-electron chi connectivity index (χ4n) is 3.02. The highest BCUT2D eigenvalue weighted by Crippen LogP contribution is 2.39. The molecule has 0 aromatic heterocycles. The van der Waals surface area contributed by atoms with Crippen LogP contribution in [-0.4, -0.2) is 17.0 Å². The average molecular weight is 354 g/mol. The second kappa shape index (κ2) is 6.60. The van der Waals surface area contributed by atoms with Crippen LogP contribution in [0, 0.1) is 12.3 Å². The number of hydrogen-bond acceptors (Lipinski definition) is 2. The van der Waals surface area contributed by atoms with Gasteiger partial charge < -0.3 is 10.4 Å². The monoisotopic (exact) mass is 353 g/mol. The van der Waals surface area contributed by atoms with Crippen molar-refractivity contribution < 1.29 is 14.7 Å². The number of nitrogens with one attached hydrogen (secondary N) is 1. The van der Waals surface area contributed by atoms with Gasteiger partial charge in [-0.1, -0.05) is 35.2 Å². The number of benzene rings is 1. The number of amides is 1. The van der Waals surface area contributed by atoms with Gasteiger partial charge in [0, 0.05) is 16.6 Å². The van der Waals surface area contributed by atoms with Gasteiger partial charge in [0.1, 0.15) is 0 Å². The smallest absolute Gasteiger partial charge is 0.310 e. The first kappa shape index (κ1) is 16.0. The van der Waals surface area contributed by atoms with E-state index in [4.69, 9.17) is 0 Å². The van der Waals surface area contributed by atoms with Crippen molar-refractivity contribution in [1.29, 1.82) is 0 Å². The van der Waals surface area contributed by atoms with Crippen LogP contribution in [0.4, 0.5) is 5.69 Å². The fraction of sp³-hybridized carbons (Fsp3) is 0.500. The summed E-state index contributed by atoms with van der Waals surface area (Å²) >= 11 is 3.39. The Morgan fingerprint density at radius 2 is 1.90 bits per heavy atom. The van der Waals surface area contributed by atoms with E-state index in [2.05, 4.69) is 21.2 Å². The molecule has 1 saturated carbocycles. The summed E-state index contributed by atoms with van der Waals surface area (Å²) in [6.07, 6.45) is 4.06. The van der Waals surface area contributed by atoms with E-state index in [0.717, 1.165) is 29.3 Å². The molecule has 1 amide bonds. The highest BCUT2D eigenvalue weighted by Gasteiger charge is 2.41. The summed E-state index contributed by atoms with van der Waals surface area (Å²) in [4.78, 5) is 23.8.